The first kappa shape index (κ1) is 19.6. The number of carbonyl (C=O) groups excluding carboxylic acids is 2. The molecule has 0 bridgehead atoms. The van der Waals surface area contributed by atoms with E-state index in [1.165, 1.54) is 0 Å². The third kappa shape index (κ3) is 4.03. The summed E-state index contributed by atoms with van der Waals surface area (Å²) in [5.41, 5.74) is 2.83. The molecule has 2 aliphatic heterocycles. The van der Waals surface area contributed by atoms with E-state index in [-0.39, 0.29) is 24.2 Å². The zero-order chi connectivity index (χ0) is 20.4. The van der Waals surface area contributed by atoms with E-state index in [1.54, 1.807) is 11.0 Å². The van der Waals surface area contributed by atoms with Crippen LogP contribution in [0.4, 0.5) is 5.69 Å². The van der Waals surface area contributed by atoms with Gasteiger partial charge in [-0.2, -0.15) is 0 Å². The third-order valence-corrected chi connectivity index (χ3v) is 5.56. The summed E-state index contributed by atoms with van der Waals surface area (Å²) in [5, 5.41) is 3.39. The quantitative estimate of drug-likeness (QED) is 0.814. The average molecular weight is 415 g/mol. The van der Waals surface area contributed by atoms with Crippen molar-refractivity contribution in [1.29, 1.82) is 0 Å². The predicted octanol–water partition coefficient (Wildman–Crippen LogP) is 3.34. The molecule has 4 rings (SSSR count). The molecule has 1 unspecified atom stereocenters. The van der Waals surface area contributed by atoms with Crippen LogP contribution in [0.25, 0.3) is 0 Å². The number of nitrogens with zero attached hydrogens (tertiary/aromatic N) is 1. The normalized spacial score (nSPS) is 18.1. The number of halogens is 1. The van der Waals surface area contributed by atoms with Gasteiger partial charge in [0.25, 0.3) is 0 Å². The maximum Gasteiger partial charge on any atom is 0.227 e. The highest BCUT2D eigenvalue weighted by Crippen LogP contribution is 2.38. The molecule has 29 heavy (non-hydrogen) atoms. The van der Waals surface area contributed by atoms with Gasteiger partial charge in [-0.1, -0.05) is 36.7 Å². The largest absolute Gasteiger partial charge is 0.486 e. The van der Waals surface area contributed by atoms with Gasteiger partial charge in [0.15, 0.2) is 11.5 Å². The number of fused-ring (bicyclic) bond motifs is 1. The second kappa shape index (κ2) is 8.33. The number of para-hydroxylation sites is 1. The van der Waals surface area contributed by atoms with Crippen molar-refractivity contribution in [1.82, 2.24) is 5.32 Å². The van der Waals surface area contributed by atoms with Crippen LogP contribution < -0.4 is 19.7 Å². The van der Waals surface area contributed by atoms with E-state index in [1.807, 2.05) is 30.3 Å². The molecular weight excluding hydrogens is 392 g/mol. The molecule has 6 nitrogen and oxygen atoms in total. The van der Waals surface area contributed by atoms with Gasteiger partial charge in [-0.25, -0.2) is 0 Å². The van der Waals surface area contributed by atoms with Crippen molar-refractivity contribution < 1.29 is 19.1 Å². The van der Waals surface area contributed by atoms with E-state index in [0.29, 0.717) is 42.8 Å². The number of carbonyl (C=O) groups is 2. The van der Waals surface area contributed by atoms with Crippen LogP contribution in [0.15, 0.2) is 36.4 Å². The highest BCUT2D eigenvalue weighted by Gasteiger charge is 2.35. The Morgan fingerprint density at radius 2 is 2.03 bits per heavy atom. The Kier molecular flexibility index (Phi) is 5.62. The molecule has 2 aliphatic rings. The first-order chi connectivity index (χ1) is 14.1. The number of hydrogen-bond acceptors (Lipinski definition) is 4. The zero-order valence-electron chi connectivity index (χ0n) is 16.2. The molecule has 2 amide bonds. The van der Waals surface area contributed by atoms with Crippen molar-refractivity contribution in [3.63, 3.8) is 0 Å². The number of rotatable bonds is 5. The number of ether oxygens (including phenoxy) is 2. The van der Waals surface area contributed by atoms with Crippen molar-refractivity contribution in [3.05, 3.63) is 52.5 Å². The summed E-state index contributed by atoms with van der Waals surface area (Å²) in [4.78, 5) is 27.0. The Morgan fingerprint density at radius 1 is 1.24 bits per heavy atom. The molecular formula is C22H23ClN2O4. The molecule has 0 saturated carbocycles. The van der Waals surface area contributed by atoms with Gasteiger partial charge in [-0.3, -0.25) is 9.59 Å². The van der Waals surface area contributed by atoms with Gasteiger partial charge in [0.2, 0.25) is 11.8 Å². The molecule has 2 heterocycles. The van der Waals surface area contributed by atoms with Crippen LogP contribution in [-0.4, -0.2) is 31.6 Å². The summed E-state index contributed by atoms with van der Waals surface area (Å²) >= 11 is 6.26. The number of nitrogens with one attached hydrogen (secondary N) is 1. The minimum Gasteiger partial charge on any atom is -0.486 e. The molecule has 2 aromatic rings. The lowest BCUT2D eigenvalue weighted by atomic mass is 10.1. The van der Waals surface area contributed by atoms with Gasteiger partial charge >= 0.3 is 0 Å². The number of benzene rings is 2. The van der Waals surface area contributed by atoms with Crippen LogP contribution in [0.5, 0.6) is 11.5 Å². The highest BCUT2D eigenvalue weighted by molar-refractivity contribution is 6.32. The summed E-state index contributed by atoms with van der Waals surface area (Å²) in [7, 11) is 0. The summed E-state index contributed by atoms with van der Waals surface area (Å²) in [6.45, 7) is 3.70. The van der Waals surface area contributed by atoms with Crippen molar-refractivity contribution in [2.75, 3.05) is 24.7 Å². The number of aryl methyl sites for hydroxylation is 1. The molecule has 1 fully saturated rings. The van der Waals surface area contributed by atoms with E-state index in [4.69, 9.17) is 21.1 Å². The molecule has 0 radical (unpaired) electrons. The van der Waals surface area contributed by atoms with Gasteiger partial charge in [0.05, 0.1) is 10.9 Å². The van der Waals surface area contributed by atoms with Crippen LogP contribution in [0.2, 0.25) is 5.02 Å². The first-order valence-corrected chi connectivity index (χ1v) is 10.2. The Balaban J connectivity index is 1.41. The van der Waals surface area contributed by atoms with Crippen LogP contribution in [0.1, 0.15) is 24.5 Å². The minimum absolute atomic E-state index is 0.0200. The predicted molar refractivity (Wildman–Crippen MR) is 111 cm³/mol. The van der Waals surface area contributed by atoms with Crippen molar-refractivity contribution in [2.45, 2.75) is 26.3 Å². The maximum atomic E-state index is 12.7. The standard InChI is InChI=1S/C22H23ClN2O4/c1-2-15-5-3-4-6-18(15)25-13-16(11-20(25)26)22(27)24-12-14-9-17(23)21-19(10-14)28-7-8-29-21/h3-6,9-10,16H,2,7-8,11-13H2,1H3,(H,24,27). The maximum absolute atomic E-state index is 12.7. The second-order valence-corrected chi connectivity index (χ2v) is 7.61. The summed E-state index contributed by atoms with van der Waals surface area (Å²) < 4.78 is 11.1. The van der Waals surface area contributed by atoms with E-state index in [0.717, 1.165) is 23.2 Å². The molecule has 2 aromatic carbocycles. The van der Waals surface area contributed by atoms with Crippen molar-refractivity contribution in [2.24, 2.45) is 5.92 Å². The lowest BCUT2D eigenvalue weighted by molar-refractivity contribution is -0.126. The Bertz CT molecular complexity index is 946. The minimum atomic E-state index is -0.375. The summed E-state index contributed by atoms with van der Waals surface area (Å²) in [6.07, 6.45) is 1.05. The molecule has 1 saturated heterocycles. The van der Waals surface area contributed by atoms with E-state index in [2.05, 4.69) is 12.2 Å². The van der Waals surface area contributed by atoms with Gasteiger partial charge in [-0.15, -0.1) is 0 Å². The zero-order valence-corrected chi connectivity index (χ0v) is 17.0. The highest BCUT2D eigenvalue weighted by atomic mass is 35.5. The summed E-state index contributed by atoms with van der Waals surface area (Å²) in [6, 6.07) is 11.4. The van der Waals surface area contributed by atoms with Crippen molar-refractivity contribution in [3.8, 4) is 11.5 Å². The Labute approximate surface area is 174 Å². The fraction of sp³-hybridized carbons (Fsp3) is 0.364. The van der Waals surface area contributed by atoms with Crippen LogP contribution in [0, 0.1) is 5.92 Å². The molecule has 152 valence electrons. The molecule has 7 heteroatoms. The van der Waals surface area contributed by atoms with Gasteiger partial charge < -0.3 is 19.7 Å². The summed E-state index contributed by atoms with van der Waals surface area (Å²) in [5.74, 6) is 0.598. The second-order valence-electron chi connectivity index (χ2n) is 7.21. The van der Waals surface area contributed by atoms with Crippen molar-refractivity contribution >= 4 is 29.1 Å². The average Bonchev–Trinajstić information content (AvgIpc) is 3.13. The number of anilines is 1. The molecule has 1 atom stereocenters. The Morgan fingerprint density at radius 3 is 2.86 bits per heavy atom. The number of hydrogen-bond donors (Lipinski definition) is 1. The van der Waals surface area contributed by atoms with Gasteiger partial charge in [0, 0.05) is 25.2 Å². The smallest absolute Gasteiger partial charge is 0.227 e. The van der Waals surface area contributed by atoms with E-state index in [9.17, 15) is 9.59 Å². The van der Waals surface area contributed by atoms with Gasteiger partial charge in [0.1, 0.15) is 13.2 Å². The van der Waals surface area contributed by atoms with Crippen LogP contribution in [0.3, 0.4) is 0 Å². The van der Waals surface area contributed by atoms with E-state index >= 15 is 0 Å². The molecule has 0 aliphatic carbocycles. The lowest BCUT2D eigenvalue weighted by Crippen LogP contribution is -2.32. The number of amides is 2. The molecule has 0 aromatic heterocycles. The molecule has 0 spiro atoms. The fourth-order valence-corrected chi connectivity index (χ4v) is 4.08. The van der Waals surface area contributed by atoms with Crippen LogP contribution in [-0.2, 0) is 22.6 Å². The van der Waals surface area contributed by atoms with Gasteiger partial charge in [-0.05, 0) is 35.7 Å². The fourth-order valence-electron chi connectivity index (χ4n) is 3.79. The van der Waals surface area contributed by atoms with Crippen LogP contribution >= 0.6 is 11.6 Å². The monoisotopic (exact) mass is 414 g/mol. The topological polar surface area (TPSA) is 67.9 Å². The Hall–Kier alpha value is -2.73. The SMILES string of the molecule is CCc1ccccc1N1CC(C(=O)NCc2cc(Cl)c3c(c2)OCCO3)CC1=O. The molecule has 1 N–H and O–H groups in total. The first-order valence-electron chi connectivity index (χ1n) is 9.80. The van der Waals surface area contributed by atoms with E-state index < -0.39 is 0 Å². The third-order valence-electron chi connectivity index (χ3n) is 5.28. The lowest BCUT2D eigenvalue weighted by Gasteiger charge is -2.21.